The smallest absolute Gasteiger partial charge is 0.263 e. The molecule has 0 bridgehead atoms. The number of thiophene rings is 1. The molecule has 6 heteroatoms. The second kappa shape index (κ2) is 6.27. The standard InChI is InChI=1S/C13H17N3OS2/c1-8(6-14)7-15-12(17)11-9(2)16-13(19-11)10-4-3-5-18-10/h3-5,8H,6-7,14H2,1-2H3,(H,15,17). The highest BCUT2D eigenvalue weighted by molar-refractivity contribution is 7.22. The third-order valence-electron chi connectivity index (χ3n) is 2.75. The van der Waals surface area contributed by atoms with Crippen LogP contribution in [-0.4, -0.2) is 24.0 Å². The molecule has 2 aromatic rings. The quantitative estimate of drug-likeness (QED) is 0.890. The zero-order chi connectivity index (χ0) is 13.8. The van der Waals surface area contributed by atoms with Crippen LogP contribution in [0.4, 0.5) is 0 Å². The summed E-state index contributed by atoms with van der Waals surface area (Å²) in [5.41, 5.74) is 6.32. The fourth-order valence-electron chi connectivity index (χ4n) is 1.54. The molecule has 1 atom stereocenters. The summed E-state index contributed by atoms with van der Waals surface area (Å²) in [4.78, 5) is 18.3. The first-order chi connectivity index (χ1) is 9.11. The van der Waals surface area contributed by atoms with Gasteiger partial charge < -0.3 is 11.1 Å². The van der Waals surface area contributed by atoms with Gasteiger partial charge in [-0.1, -0.05) is 13.0 Å². The Labute approximate surface area is 120 Å². The molecule has 1 unspecified atom stereocenters. The molecular formula is C13H17N3OS2. The van der Waals surface area contributed by atoms with Crippen LogP contribution in [0.2, 0.25) is 0 Å². The van der Waals surface area contributed by atoms with Gasteiger partial charge in [-0.25, -0.2) is 4.98 Å². The molecule has 0 saturated carbocycles. The second-order valence-electron chi connectivity index (χ2n) is 4.46. The maximum Gasteiger partial charge on any atom is 0.263 e. The topological polar surface area (TPSA) is 68.0 Å². The Hall–Kier alpha value is -1.24. The molecular weight excluding hydrogens is 278 g/mol. The number of hydrogen-bond donors (Lipinski definition) is 2. The van der Waals surface area contributed by atoms with Crippen molar-refractivity contribution in [1.29, 1.82) is 0 Å². The fourth-order valence-corrected chi connectivity index (χ4v) is 3.32. The number of amides is 1. The molecule has 0 aromatic carbocycles. The number of carbonyl (C=O) groups excluding carboxylic acids is 1. The Kier molecular flexibility index (Phi) is 4.68. The number of aromatic nitrogens is 1. The SMILES string of the molecule is Cc1nc(-c2cccs2)sc1C(=O)NCC(C)CN. The Bertz CT molecular complexity index is 548. The van der Waals surface area contributed by atoms with Crippen molar-refractivity contribution < 1.29 is 4.79 Å². The van der Waals surface area contributed by atoms with Crippen LogP contribution in [0, 0.1) is 12.8 Å². The van der Waals surface area contributed by atoms with Gasteiger partial charge in [-0.05, 0) is 30.8 Å². The minimum Gasteiger partial charge on any atom is -0.351 e. The Balaban J connectivity index is 2.10. The Morgan fingerprint density at radius 1 is 1.58 bits per heavy atom. The summed E-state index contributed by atoms with van der Waals surface area (Å²) in [6, 6.07) is 4.00. The predicted molar refractivity (Wildman–Crippen MR) is 80.7 cm³/mol. The van der Waals surface area contributed by atoms with Crippen molar-refractivity contribution >= 4 is 28.6 Å². The second-order valence-corrected chi connectivity index (χ2v) is 6.41. The lowest BCUT2D eigenvalue weighted by Gasteiger charge is -2.09. The van der Waals surface area contributed by atoms with Crippen LogP contribution >= 0.6 is 22.7 Å². The van der Waals surface area contributed by atoms with E-state index in [9.17, 15) is 4.79 Å². The number of rotatable bonds is 5. The van der Waals surface area contributed by atoms with Crippen LogP contribution in [-0.2, 0) is 0 Å². The maximum absolute atomic E-state index is 12.1. The zero-order valence-electron chi connectivity index (χ0n) is 11.0. The van der Waals surface area contributed by atoms with E-state index in [-0.39, 0.29) is 11.8 Å². The summed E-state index contributed by atoms with van der Waals surface area (Å²) < 4.78 is 0. The van der Waals surface area contributed by atoms with Gasteiger partial charge >= 0.3 is 0 Å². The molecule has 2 rings (SSSR count). The van der Waals surface area contributed by atoms with Gasteiger partial charge in [-0.2, -0.15) is 0 Å². The highest BCUT2D eigenvalue weighted by Gasteiger charge is 2.16. The van der Waals surface area contributed by atoms with Crippen LogP contribution in [0.25, 0.3) is 9.88 Å². The Morgan fingerprint density at radius 3 is 3.00 bits per heavy atom. The van der Waals surface area contributed by atoms with Crippen molar-refractivity contribution in [2.75, 3.05) is 13.1 Å². The van der Waals surface area contributed by atoms with Crippen molar-refractivity contribution in [3.63, 3.8) is 0 Å². The van der Waals surface area contributed by atoms with Crippen LogP contribution in [0.5, 0.6) is 0 Å². The third-order valence-corrected chi connectivity index (χ3v) is 4.94. The highest BCUT2D eigenvalue weighted by Crippen LogP contribution is 2.30. The van der Waals surface area contributed by atoms with E-state index in [1.54, 1.807) is 11.3 Å². The average Bonchev–Trinajstić information content (AvgIpc) is 3.04. The third kappa shape index (κ3) is 3.40. The van der Waals surface area contributed by atoms with E-state index in [1.807, 2.05) is 31.4 Å². The normalized spacial score (nSPS) is 12.4. The molecule has 0 aliphatic carbocycles. The Morgan fingerprint density at radius 2 is 2.37 bits per heavy atom. The van der Waals surface area contributed by atoms with Gasteiger partial charge in [0.1, 0.15) is 9.88 Å². The molecule has 0 radical (unpaired) electrons. The minimum atomic E-state index is -0.0573. The first-order valence-corrected chi connectivity index (χ1v) is 7.81. The lowest BCUT2D eigenvalue weighted by atomic mass is 10.2. The molecule has 102 valence electrons. The van der Waals surface area contributed by atoms with Crippen molar-refractivity contribution in [3.8, 4) is 9.88 Å². The van der Waals surface area contributed by atoms with E-state index in [2.05, 4.69) is 10.3 Å². The lowest BCUT2D eigenvalue weighted by molar-refractivity contribution is 0.0952. The summed E-state index contributed by atoms with van der Waals surface area (Å²) in [5, 5.41) is 5.82. The van der Waals surface area contributed by atoms with E-state index in [0.29, 0.717) is 18.0 Å². The molecule has 1 amide bonds. The first kappa shape index (κ1) is 14.2. The number of nitrogens with zero attached hydrogens (tertiary/aromatic N) is 1. The summed E-state index contributed by atoms with van der Waals surface area (Å²) in [7, 11) is 0. The number of hydrogen-bond acceptors (Lipinski definition) is 5. The van der Waals surface area contributed by atoms with Crippen LogP contribution in [0.15, 0.2) is 17.5 Å². The summed E-state index contributed by atoms with van der Waals surface area (Å²) >= 11 is 3.07. The van der Waals surface area contributed by atoms with Gasteiger partial charge in [0.2, 0.25) is 0 Å². The van der Waals surface area contributed by atoms with Gasteiger partial charge in [-0.15, -0.1) is 22.7 Å². The van der Waals surface area contributed by atoms with Gasteiger partial charge in [0.25, 0.3) is 5.91 Å². The molecule has 0 saturated heterocycles. The van der Waals surface area contributed by atoms with Gasteiger partial charge in [0.15, 0.2) is 0 Å². The van der Waals surface area contributed by atoms with Crippen LogP contribution in [0.1, 0.15) is 22.3 Å². The zero-order valence-corrected chi connectivity index (χ0v) is 12.6. The number of thiazole rings is 1. The fraction of sp³-hybridized carbons (Fsp3) is 0.385. The number of nitrogens with one attached hydrogen (secondary N) is 1. The molecule has 0 fully saturated rings. The molecule has 4 nitrogen and oxygen atoms in total. The molecule has 0 aliphatic rings. The van der Waals surface area contributed by atoms with Crippen molar-refractivity contribution in [3.05, 3.63) is 28.1 Å². The van der Waals surface area contributed by atoms with Gasteiger partial charge in [0.05, 0.1) is 10.6 Å². The summed E-state index contributed by atoms with van der Waals surface area (Å²) in [6.07, 6.45) is 0. The molecule has 0 aliphatic heterocycles. The summed E-state index contributed by atoms with van der Waals surface area (Å²) in [6.45, 7) is 5.05. The lowest BCUT2D eigenvalue weighted by Crippen LogP contribution is -2.31. The van der Waals surface area contributed by atoms with E-state index in [4.69, 9.17) is 5.73 Å². The van der Waals surface area contributed by atoms with Crippen LogP contribution in [0.3, 0.4) is 0 Å². The van der Waals surface area contributed by atoms with Crippen LogP contribution < -0.4 is 11.1 Å². The summed E-state index contributed by atoms with van der Waals surface area (Å²) in [5.74, 6) is 0.229. The maximum atomic E-state index is 12.1. The molecule has 19 heavy (non-hydrogen) atoms. The van der Waals surface area contributed by atoms with E-state index >= 15 is 0 Å². The minimum absolute atomic E-state index is 0.0573. The highest BCUT2D eigenvalue weighted by atomic mass is 32.1. The van der Waals surface area contributed by atoms with Crippen molar-refractivity contribution in [1.82, 2.24) is 10.3 Å². The molecule has 3 N–H and O–H groups in total. The van der Waals surface area contributed by atoms with Crippen molar-refractivity contribution in [2.24, 2.45) is 11.7 Å². The van der Waals surface area contributed by atoms with Crippen molar-refractivity contribution in [2.45, 2.75) is 13.8 Å². The molecule has 2 heterocycles. The van der Waals surface area contributed by atoms with Gasteiger partial charge in [-0.3, -0.25) is 4.79 Å². The largest absolute Gasteiger partial charge is 0.351 e. The number of carbonyl (C=O) groups is 1. The van der Waals surface area contributed by atoms with E-state index in [0.717, 1.165) is 15.6 Å². The first-order valence-electron chi connectivity index (χ1n) is 6.11. The van der Waals surface area contributed by atoms with E-state index < -0.39 is 0 Å². The molecule has 0 spiro atoms. The van der Waals surface area contributed by atoms with E-state index in [1.165, 1.54) is 11.3 Å². The van der Waals surface area contributed by atoms with Gasteiger partial charge in [0, 0.05) is 6.54 Å². The number of aryl methyl sites for hydroxylation is 1. The number of nitrogens with two attached hydrogens (primary N) is 1. The average molecular weight is 295 g/mol. The predicted octanol–water partition coefficient (Wildman–Crippen LogP) is 2.50. The monoisotopic (exact) mass is 295 g/mol. The molecule has 2 aromatic heterocycles.